The van der Waals surface area contributed by atoms with Gasteiger partial charge < -0.3 is 20.4 Å². The Kier molecular flexibility index (Phi) is 7.15. The number of nitrogens with one attached hydrogen (secondary N) is 2. The molecule has 1 aromatic rings. The maximum Gasteiger partial charge on any atom is 0.254 e. The van der Waals surface area contributed by atoms with Gasteiger partial charge in [0, 0.05) is 44.7 Å². The number of piperidine rings is 1. The smallest absolute Gasteiger partial charge is 0.254 e. The first kappa shape index (κ1) is 21.1. The summed E-state index contributed by atoms with van der Waals surface area (Å²) in [5.74, 6) is -1.14. The van der Waals surface area contributed by atoms with E-state index in [-0.39, 0.29) is 36.0 Å². The Hall–Kier alpha value is -2.19. The minimum absolute atomic E-state index is 0. The van der Waals surface area contributed by atoms with Gasteiger partial charge in [-0.25, -0.2) is 4.39 Å². The van der Waals surface area contributed by atoms with Gasteiger partial charge in [0.25, 0.3) is 5.91 Å². The van der Waals surface area contributed by atoms with Crippen LogP contribution in [0.5, 0.6) is 0 Å². The summed E-state index contributed by atoms with van der Waals surface area (Å²) >= 11 is 0. The van der Waals surface area contributed by atoms with Gasteiger partial charge in [0.05, 0.1) is 12.2 Å². The van der Waals surface area contributed by atoms with Gasteiger partial charge >= 0.3 is 0 Å². The predicted octanol–water partition coefficient (Wildman–Crippen LogP) is 1.24. The maximum absolute atomic E-state index is 13.8. The van der Waals surface area contributed by atoms with E-state index in [9.17, 15) is 18.8 Å². The Morgan fingerprint density at radius 1 is 1.30 bits per heavy atom. The van der Waals surface area contributed by atoms with Gasteiger partial charge in [-0.15, -0.1) is 12.4 Å². The molecule has 2 heterocycles. The van der Waals surface area contributed by atoms with Crippen molar-refractivity contribution in [3.8, 4) is 0 Å². The van der Waals surface area contributed by atoms with E-state index in [1.54, 1.807) is 4.90 Å². The first-order valence-electron chi connectivity index (χ1n) is 8.82. The van der Waals surface area contributed by atoms with Crippen LogP contribution in [-0.2, 0) is 9.59 Å². The van der Waals surface area contributed by atoms with Gasteiger partial charge in [0.15, 0.2) is 0 Å². The highest BCUT2D eigenvalue weighted by Gasteiger charge is 2.32. The molecule has 0 bridgehead atoms. The van der Waals surface area contributed by atoms with Crippen LogP contribution in [0.3, 0.4) is 0 Å². The molecule has 9 heteroatoms. The van der Waals surface area contributed by atoms with Gasteiger partial charge in [-0.05, 0) is 31.0 Å². The molecule has 1 aromatic carbocycles. The molecule has 7 nitrogen and oxygen atoms in total. The monoisotopic (exact) mass is 398 g/mol. The number of halogens is 2. The van der Waals surface area contributed by atoms with Gasteiger partial charge in [-0.3, -0.25) is 14.4 Å². The number of carbonyl (C=O) groups is 3. The van der Waals surface area contributed by atoms with Crippen molar-refractivity contribution < 1.29 is 18.8 Å². The third-order valence-corrected chi connectivity index (χ3v) is 4.77. The summed E-state index contributed by atoms with van der Waals surface area (Å²) in [6.07, 6.45) is 1.68. The van der Waals surface area contributed by atoms with Crippen molar-refractivity contribution in [1.29, 1.82) is 0 Å². The SMILES string of the molecule is CC(=O)Nc1cc(C(=O)N2CCCC(N3CCNCC3=O)C2)ccc1F.Cl. The van der Waals surface area contributed by atoms with E-state index >= 15 is 0 Å². The van der Waals surface area contributed by atoms with Crippen LogP contribution in [0.2, 0.25) is 0 Å². The van der Waals surface area contributed by atoms with Crippen LogP contribution in [0.15, 0.2) is 18.2 Å². The number of anilines is 1. The molecule has 0 saturated carbocycles. The second-order valence-corrected chi connectivity index (χ2v) is 6.69. The predicted molar refractivity (Wildman–Crippen MR) is 101 cm³/mol. The van der Waals surface area contributed by atoms with E-state index in [0.717, 1.165) is 19.4 Å². The van der Waals surface area contributed by atoms with E-state index in [1.165, 1.54) is 25.1 Å². The molecule has 1 unspecified atom stereocenters. The fourth-order valence-electron chi connectivity index (χ4n) is 3.53. The molecule has 148 valence electrons. The Morgan fingerprint density at radius 3 is 2.78 bits per heavy atom. The zero-order valence-corrected chi connectivity index (χ0v) is 16.0. The molecule has 3 rings (SSSR count). The molecule has 3 amide bonds. The van der Waals surface area contributed by atoms with Crippen molar-refractivity contribution in [2.24, 2.45) is 0 Å². The lowest BCUT2D eigenvalue weighted by Crippen LogP contribution is -2.57. The summed E-state index contributed by atoms with van der Waals surface area (Å²) in [4.78, 5) is 39.7. The zero-order chi connectivity index (χ0) is 18.7. The average molecular weight is 399 g/mol. The largest absolute Gasteiger partial charge is 0.337 e. The van der Waals surface area contributed by atoms with Crippen LogP contribution in [-0.4, -0.2) is 66.3 Å². The number of piperazine rings is 1. The first-order valence-corrected chi connectivity index (χ1v) is 8.82. The minimum atomic E-state index is -0.584. The van der Waals surface area contributed by atoms with Crippen LogP contribution >= 0.6 is 12.4 Å². The summed E-state index contributed by atoms with van der Waals surface area (Å²) in [6.45, 7) is 4.10. The zero-order valence-electron chi connectivity index (χ0n) is 15.2. The summed E-state index contributed by atoms with van der Waals surface area (Å²) in [7, 11) is 0. The van der Waals surface area contributed by atoms with Crippen molar-refractivity contribution in [2.75, 3.05) is 38.0 Å². The van der Waals surface area contributed by atoms with Crippen LogP contribution in [0.25, 0.3) is 0 Å². The highest BCUT2D eigenvalue weighted by molar-refractivity contribution is 5.97. The number of rotatable bonds is 3. The molecule has 2 N–H and O–H groups in total. The van der Waals surface area contributed by atoms with E-state index in [0.29, 0.717) is 31.7 Å². The van der Waals surface area contributed by atoms with Gasteiger partial charge in [0.1, 0.15) is 5.82 Å². The second kappa shape index (κ2) is 9.14. The molecule has 1 atom stereocenters. The molecule has 2 aliphatic heterocycles. The summed E-state index contributed by atoms with van der Waals surface area (Å²) in [6, 6.07) is 3.97. The lowest BCUT2D eigenvalue weighted by Gasteiger charge is -2.41. The number of hydrogen-bond donors (Lipinski definition) is 2. The van der Waals surface area contributed by atoms with Crippen molar-refractivity contribution in [3.63, 3.8) is 0 Å². The average Bonchev–Trinajstić information content (AvgIpc) is 2.63. The normalized spacial score (nSPS) is 20.1. The van der Waals surface area contributed by atoms with Gasteiger partial charge in [-0.1, -0.05) is 0 Å². The van der Waals surface area contributed by atoms with Crippen LogP contribution < -0.4 is 10.6 Å². The van der Waals surface area contributed by atoms with Gasteiger partial charge in [-0.2, -0.15) is 0 Å². The lowest BCUT2D eigenvalue weighted by atomic mass is 10.0. The van der Waals surface area contributed by atoms with Crippen molar-refractivity contribution in [3.05, 3.63) is 29.6 Å². The quantitative estimate of drug-likeness (QED) is 0.802. The molecule has 0 radical (unpaired) electrons. The second-order valence-electron chi connectivity index (χ2n) is 6.69. The van der Waals surface area contributed by atoms with Crippen molar-refractivity contribution in [1.82, 2.24) is 15.1 Å². The highest BCUT2D eigenvalue weighted by Crippen LogP contribution is 2.22. The van der Waals surface area contributed by atoms with Crippen molar-refractivity contribution in [2.45, 2.75) is 25.8 Å². The Balaban J connectivity index is 0.00000261. The van der Waals surface area contributed by atoms with Gasteiger partial charge in [0.2, 0.25) is 11.8 Å². The first-order chi connectivity index (χ1) is 12.5. The maximum atomic E-state index is 13.8. The van der Waals surface area contributed by atoms with E-state index in [4.69, 9.17) is 0 Å². The van der Waals surface area contributed by atoms with E-state index < -0.39 is 11.7 Å². The number of nitrogens with zero attached hydrogens (tertiary/aromatic N) is 2. The van der Waals surface area contributed by atoms with Crippen LogP contribution in [0, 0.1) is 5.82 Å². The summed E-state index contributed by atoms with van der Waals surface area (Å²) < 4.78 is 13.8. The highest BCUT2D eigenvalue weighted by atomic mass is 35.5. The molecule has 2 aliphatic rings. The fraction of sp³-hybridized carbons (Fsp3) is 0.500. The van der Waals surface area contributed by atoms with Crippen LogP contribution in [0.4, 0.5) is 10.1 Å². The Morgan fingerprint density at radius 2 is 2.07 bits per heavy atom. The molecule has 0 spiro atoms. The minimum Gasteiger partial charge on any atom is -0.337 e. The number of carbonyl (C=O) groups excluding carboxylic acids is 3. The number of likely N-dealkylation sites (tertiary alicyclic amines) is 1. The third kappa shape index (κ3) is 4.95. The third-order valence-electron chi connectivity index (χ3n) is 4.77. The Bertz CT molecular complexity index is 731. The summed E-state index contributed by atoms with van der Waals surface area (Å²) in [5.41, 5.74) is 0.316. The van der Waals surface area contributed by atoms with Crippen molar-refractivity contribution >= 4 is 35.8 Å². The summed E-state index contributed by atoms with van der Waals surface area (Å²) in [5, 5.41) is 5.44. The standard InChI is InChI=1S/C18H23FN4O3.ClH/c1-12(24)21-16-9-13(4-5-15(16)19)18(26)22-7-2-3-14(11-22)23-8-6-20-10-17(23)25;/h4-5,9,14,20H,2-3,6-8,10-11H2,1H3,(H,21,24);1H. The Labute approximate surface area is 163 Å². The topological polar surface area (TPSA) is 81.8 Å². The molecule has 2 saturated heterocycles. The molecular formula is C18H24ClFN4O3. The number of benzene rings is 1. The number of hydrogen-bond acceptors (Lipinski definition) is 4. The fourth-order valence-corrected chi connectivity index (χ4v) is 3.53. The number of amides is 3. The van der Waals surface area contributed by atoms with E-state index in [1.807, 2.05) is 4.90 Å². The van der Waals surface area contributed by atoms with E-state index in [2.05, 4.69) is 10.6 Å². The van der Waals surface area contributed by atoms with Crippen LogP contribution in [0.1, 0.15) is 30.1 Å². The molecular weight excluding hydrogens is 375 g/mol. The molecule has 2 fully saturated rings. The lowest BCUT2D eigenvalue weighted by molar-refractivity contribution is -0.135. The molecule has 27 heavy (non-hydrogen) atoms. The molecule has 0 aliphatic carbocycles. The molecule has 0 aromatic heterocycles.